The van der Waals surface area contributed by atoms with Gasteiger partial charge in [-0.1, -0.05) is 0 Å². The second kappa shape index (κ2) is 7.99. The van der Waals surface area contributed by atoms with Gasteiger partial charge in [0.1, 0.15) is 0 Å². The van der Waals surface area contributed by atoms with Crippen molar-refractivity contribution in [2.75, 3.05) is 0 Å². The number of rotatable bonds is 3. The molecule has 12 atom stereocenters. The maximum atomic E-state index is 4.41. The van der Waals surface area contributed by atoms with E-state index in [9.17, 15) is 0 Å². The van der Waals surface area contributed by atoms with E-state index >= 15 is 0 Å². The number of fused-ring (bicyclic) bond motifs is 24. The molecule has 0 radical (unpaired) electrons. The van der Waals surface area contributed by atoms with Crippen molar-refractivity contribution in [2.45, 2.75) is 69.6 Å². The van der Waals surface area contributed by atoms with Gasteiger partial charge in [0.15, 0.2) is 0 Å². The van der Waals surface area contributed by atoms with Crippen LogP contribution in [0.25, 0.3) is 0 Å². The van der Waals surface area contributed by atoms with Gasteiger partial charge < -0.3 is 0 Å². The third-order valence-electron chi connectivity index (χ3n) is 14.8. The van der Waals surface area contributed by atoms with Crippen LogP contribution in [0.5, 0.6) is 0 Å². The normalized spacial score (nSPS) is 42.0. The summed E-state index contributed by atoms with van der Waals surface area (Å²) < 4.78 is 3.69. The molecule has 0 aromatic heterocycles. The van der Waals surface area contributed by atoms with Crippen molar-refractivity contribution in [2.24, 2.45) is 35.5 Å². The topological polar surface area (TPSA) is 0 Å². The predicted octanol–water partition coefficient (Wildman–Crippen LogP) is 10.7. The molecule has 0 spiro atoms. The fourth-order valence-corrected chi connectivity index (χ4v) is 22.2. The Bertz CT molecular complexity index is 1980. The van der Waals surface area contributed by atoms with Crippen molar-refractivity contribution in [3.05, 3.63) is 137 Å². The zero-order chi connectivity index (χ0) is 29.0. The molecule has 3 aromatic rings. The number of halogens is 1. The molecule has 0 N–H and O–H groups in total. The second-order valence-electron chi connectivity index (χ2n) is 17.1. The minimum atomic E-state index is -2.42. The first-order valence-electron chi connectivity index (χ1n) is 17.6. The molecule has 12 rings (SSSR count). The van der Waals surface area contributed by atoms with E-state index in [-0.39, 0.29) is 0 Å². The second-order valence-corrected chi connectivity index (χ2v) is 32.3. The van der Waals surface area contributed by atoms with Gasteiger partial charge in [-0.2, -0.15) is 0 Å². The first-order chi connectivity index (χ1) is 21.4. The molecule has 0 heterocycles. The summed E-state index contributed by atoms with van der Waals surface area (Å²) >= 11 is 1.99. The molecule has 44 heavy (non-hydrogen) atoms. The zero-order valence-electron chi connectivity index (χ0n) is 25.9. The van der Waals surface area contributed by atoms with Crippen molar-refractivity contribution in [1.82, 2.24) is 0 Å². The van der Waals surface area contributed by atoms with E-state index in [1.807, 2.05) is 22.3 Å². The van der Waals surface area contributed by atoms with Gasteiger partial charge in [-0.05, 0) is 0 Å². The van der Waals surface area contributed by atoms with Crippen molar-refractivity contribution in [1.29, 1.82) is 0 Å². The van der Waals surface area contributed by atoms with E-state index < -0.39 is 18.4 Å². The van der Waals surface area contributed by atoms with Gasteiger partial charge in [0.05, 0.1) is 0 Å². The summed E-state index contributed by atoms with van der Waals surface area (Å²) in [5.41, 5.74) is 17.8. The molecular formula is C42H39BrSn. The molecule has 3 fully saturated rings. The number of hydrogen-bond acceptors (Lipinski definition) is 0. The Balaban J connectivity index is 1.09. The van der Waals surface area contributed by atoms with Crippen LogP contribution in [0.2, 0.25) is 14.8 Å². The molecule has 9 aliphatic carbocycles. The Morgan fingerprint density at radius 2 is 0.750 bits per heavy atom. The van der Waals surface area contributed by atoms with Crippen LogP contribution >= 0.6 is 15.9 Å². The molecule has 0 unspecified atom stereocenters. The van der Waals surface area contributed by atoms with Gasteiger partial charge in [0.25, 0.3) is 0 Å². The SMILES string of the molecule is [CH3][Sn]([CH3])([CH3])[C]1=C(C2=C(C3=C(Br)[C@@H]4C[C@H]3[C@@H]3c5ccccc5[C@@H]34)[C@@H]3C[C@H]2[C@@H]2c4ccccc4[C@@H]23)[C@@H]2C[C@H]1[C@@H]1c3ccccc3[C@@H]12. The summed E-state index contributed by atoms with van der Waals surface area (Å²) in [7, 11) is 0. The van der Waals surface area contributed by atoms with E-state index in [0.717, 1.165) is 59.2 Å². The van der Waals surface area contributed by atoms with Crippen molar-refractivity contribution in [3.8, 4) is 0 Å². The van der Waals surface area contributed by atoms with Crippen LogP contribution in [-0.4, -0.2) is 18.4 Å². The van der Waals surface area contributed by atoms with Gasteiger partial charge in [-0.15, -0.1) is 0 Å². The monoisotopic (exact) mass is 742 g/mol. The van der Waals surface area contributed by atoms with Gasteiger partial charge in [0, 0.05) is 0 Å². The van der Waals surface area contributed by atoms with Crippen LogP contribution in [0.15, 0.2) is 103 Å². The van der Waals surface area contributed by atoms with Crippen LogP contribution < -0.4 is 0 Å². The molecule has 0 amide bonds. The van der Waals surface area contributed by atoms with Crippen molar-refractivity contribution >= 4 is 34.3 Å². The van der Waals surface area contributed by atoms with E-state index in [2.05, 4.69) is 107 Å². The number of benzene rings is 3. The van der Waals surface area contributed by atoms with Crippen LogP contribution in [0.3, 0.4) is 0 Å². The fraction of sp³-hybridized carbons (Fsp3) is 0.429. The Morgan fingerprint density at radius 1 is 0.432 bits per heavy atom. The van der Waals surface area contributed by atoms with Crippen LogP contribution in [0.4, 0.5) is 0 Å². The molecule has 0 aliphatic heterocycles. The molecule has 9 aliphatic rings. The van der Waals surface area contributed by atoms with Crippen molar-refractivity contribution in [3.63, 3.8) is 0 Å². The van der Waals surface area contributed by atoms with Gasteiger partial charge in [-0.3, -0.25) is 0 Å². The van der Waals surface area contributed by atoms with Crippen LogP contribution in [-0.2, 0) is 0 Å². The minimum absolute atomic E-state index is 0.699. The van der Waals surface area contributed by atoms with Crippen LogP contribution in [0.1, 0.15) is 88.2 Å². The Morgan fingerprint density at radius 3 is 1.20 bits per heavy atom. The summed E-state index contributed by atoms with van der Waals surface area (Å²) in [6.45, 7) is 0. The van der Waals surface area contributed by atoms with E-state index in [1.54, 1.807) is 37.9 Å². The Hall–Kier alpha value is -1.84. The molecule has 0 nitrogen and oxygen atoms in total. The summed E-state index contributed by atoms with van der Waals surface area (Å²) in [4.78, 5) is 8.26. The maximum absolute atomic E-state index is 4.41. The Kier molecular flexibility index (Phi) is 4.59. The van der Waals surface area contributed by atoms with Gasteiger partial charge >= 0.3 is 276 Å². The quantitative estimate of drug-likeness (QED) is 0.235. The first kappa shape index (κ1) is 25.3. The average Bonchev–Trinajstić information content (AvgIpc) is 3.80. The molecule has 3 saturated carbocycles. The third-order valence-corrected chi connectivity index (χ3v) is 22.3. The summed E-state index contributed by atoms with van der Waals surface area (Å²) in [6.07, 6.45) is 4.21. The third kappa shape index (κ3) is 2.63. The first-order valence-corrected chi connectivity index (χ1v) is 28.4. The van der Waals surface area contributed by atoms with E-state index in [0.29, 0.717) is 11.8 Å². The zero-order valence-corrected chi connectivity index (χ0v) is 30.3. The molecule has 0 saturated heterocycles. The molecule has 3 aromatic carbocycles. The predicted molar refractivity (Wildman–Crippen MR) is 184 cm³/mol. The molecule has 218 valence electrons. The van der Waals surface area contributed by atoms with Crippen LogP contribution in [0, 0.1) is 35.5 Å². The van der Waals surface area contributed by atoms with Crippen molar-refractivity contribution < 1.29 is 0 Å². The van der Waals surface area contributed by atoms with E-state index in [4.69, 9.17) is 0 Å². The summed E-state index contributed by atoms with van der Waals surface area (Å²) in [5, 5.41) is 0. The Labute approximate surface area is 274 Å². The number of allylic oxidation sites excluding steroid dienone is 6. The molecular weight excluding hydrogens is 703 g/mol. The standard InChI is InChI=1S/C39H30Br.3CH3.Sn/c40-39-29-16-28(34-22-11-5-6-12-23(22)35(29)34)38(39)37-27-15-26(32-20-9-3-4-10-21(20)33(27)32)36(37)25-14-17-13-24(25)31-19-8-2-1-7-18(19)30(17)31;;;;/h1-12,17,24,26-35H,13,15-16H2;3*1H3;/t17-,24+,26+,27-,28+,29-,30-,31-,32+,33-,34+,35-;;;;/m1..../s1. The molecule has 2 heteroatoms. The number of hydrogen-bond donors (Lipinski definition) is 0. The molecule has 6 bridgehead atoms. The van der Waals surface area contributed by atoms with E-state index in [1.165, 1.54) is 19.3 Å². The average molecular weight is 742 g/mol. The summed E-state index contributed by atoms with van der Waals surface area (Å²) in [5.74, 6) is 9.07. The summed E-state index contributed by atoms with van der Waals surface area (Å²) in [6, 6.07) is 28.7. The van der Waals surface area contributed by atoms with Gasteiger partial charge in [-0.25, -0.2) is 0 Å². The fourth-order valence-electron chi connectivity index (χ4n) is 14.0. The van der Waals surface area contributed by atoms with Gasteiger partial charge in [0.2, 0.25) is 0 Å².